The minimum Gasteiger partial charge on any atom is -0.486 e. The van der Waals surface area contributed by atoms with E-state index in [0.717, 1.165) is 68.3 Å². The second-order valence-corrected chi connectivity index (χ2v) is 23.5. The molecule has 586 valence electrons. The molecule has 0 amide bonds. The van der Waals surface area contributed by atoms with Crippen LogP contribution in [0.3, 0.4) is 0 Å². The lowest BCUT2D eigenvalue weighted by Gasteiger charge is -2.17. The molecule has 0 saturated heterocycles. The van der Waals surface area contributed by atoms with Gasteiger partial charge in [0.05, 0.1) is 80.5 Å². The molecule has 0 saturated carbocycles. The van der Waals surface area contributed by atoms with Crippen LogP contribution in [-0.4, -0.2) is 78.5 Å². The van der Waals surface area contributed by atoms with Gasteiger partial charge in [-0.2, -0.15) is 0 Å². The first-order valence-electron chi connectivity index (χ1n) is 38.1. The number of benzene rings is 9. The summed E-state index contributed by atoms with van der Waals surface area (Å²) in [5.41, 5.74) is 18.2. The van der Waals surface area contributed by atoms with Crippen LogP contribution in [0.25, 0.3) is 81.8 Å². The summed E-state index contributed by atoms with van der Waals surface area (Å²) in [6.07, 6.45) is 13.5. The Morgan fingerprint density at radius 1 is 0.441 bits per heavy atom. The summed E-state index contributed by atoms with van der Waals surface area (Å²) in [7, 11) is 3.92. The lowest BCUT2D eigenvalue weighted by molar-refractivity contribution is 0.171. The SMILES string of the molecule is C1=Cc2ccccc2NC1.CC.CC.CC.CC.CC.CC.CF.COCl.Cc1cnc2ccccc2c1.Cc1cnc2ccccc2c1.Cc1nc2cc(C)c(C)cc2[nH]1.Cc1nc2ccccc2n1C.c1ccc2c(c1)OCCO2.c1ccc2cnccc2c1.c1ccc2ncccc2c1.c1ccc2scnc2c1. The minimum atomic E-state index is 0.500. The largest absolute Gasteiger partial charge is 0.486 e. The van der Waals surface area contributed by atoms with Gasteiger partial charge < -0.3 is 24.3 Å². The number of H-pyrrole nitrogens is 1. The highest BCUT2D eigenvalue weighted by Gasteiger charge is 2.08. The smallest absolute Gasteiger partial charge is 0.161 e. The van der Waals surface area contributed by atoms with Gasteiger partial charge in [-0.25, -0.2) is 15.0 Å². The lowest BCUT2D eigenvalue weighted by atomic mass is 10.1. The molecule has 16 heteroatoms. The Hall–Kier alpha value is -11.2. The summed E-state index contributed by atoms with van der Waals surface area (Å²) < 4.78 is 27.2. The Morgan fingerprint density at radius 3 is 1.44 bits per heavy atom. The number of nitrogens with one attached hydrogen (secondary N) is 2. The number of alkyl halides is 1. The van der Waals surface area contributed by atoms with Crippen LogP contribution in [0.15, 0.2) is 279 Å². The number of aryl methyl sites for hydroxylation is 7. The number of imidazole rings is 2. The summed E-state index contributed by atoms with van der Waals surface area (Å²) in [4.78, 5) is 32.8. The van der Waals surface area contributed by atoms with E-state index in [1.165, 1.54) is 77.8 Å². The number of halogens is 2. The van der Waals surface area contributed by atoms with E-state index < -0.39 is 0 Å². The van der Waals surface area contributed by atoms with Gasteiger partial charge in [-0.15, -0.1) is 11.3 Å². The number of hydrogen-bond acceptors (Lipinski definition) is 12. The van der Waals surface area contributed by atoms with Gasteiger partial charge >= 0.3 is 0 Å². The first-order chi connectivity index (χ1) is 54.4. The van der Waals surface area contributed by atoms with E-state index in [-0.39, 0.29) is 0 Å². The second kappa shape index (κ2) is 58.7. The number of thiazole rings is 1. The number of rotatable bonds is 0. The van der Waals surface area contributed by atoms with Crippen molar-refractivity contribution in [2.24, 2.45) is 7.05 Å². The molecular weight excluding hydrogens is 1420 g/mol. The topological polar surface area (TPSA) is 151 Å². The second-order valence-electron chi connectivity index (χ2n) is 22.3. The molecule has 2 aliphatic heterocycles. The summed E-state index contributed by atoms with van der Waals surface area (Å²) in [6, 6.07) is 79.4. The number of aromatic nitrogens is 9. The minimum absolute atomic E-state index is 0.500. The Morgan fingerprint density at radius 2 is 0.901 bits per heavy atom. The molecule has 13 nitrogen and oxygen atoms in total. The van der Waals surface area contributed by atoms with Gasteiger partial charge in [0.2, 0.25) is 0 Å². The number of ether oxygens (including phenoxy) is 2. The van der Waals surface area contributed by atoms with Gasteiger partial charge in [-0.1, -0.05) is 235 Å². The molecule has 7 aromatic heterocycles. The molecule has 2 aliphatic rings. The van der Waals surface area contributed by atoms with Crippen LogP contribution in [-0.2, 0) is 11.3 Å². The first-order valence-corrected chi connectivity index (χ1v) is 39.3. The van der Waals surface area contributed by atoms with Crippen LogP contribution in [0.1, 0.15) is 123 Å². The highest BCUT2D eigenvalue weighted by Crippen LogP contribution is 2.29. The molecule has 0 radical (unpaired) electrons. The molecule has 0 spiro atoms. The van der Waals surface area contributed by atoms with Crippen molar-refractivity contribution in [1.82, 2.24) is 44.4 Å². The third-order valence-corrected chi connectivity index (χ3v) is 15.9. The standard InChI is InChI=1S/C10H12N2.2C10H9N.C9H10N2.C9H9N.2C9H7N.C8H8O2.C7H5NS.6C2H6.CH3ClO.CH3F/c1-6-4-9-10(5-7(6)2)12-8(3)11-9;2*1-8-6-9-4-2-3-5-10(9)11-7-8;1-7-10-8-5-3-4-6-9(8)11(7)2;2*1-2-6-9-8(4-1)5-3-7-10-9;1-2-4-9-7-10-6-5-8(9)3-1;1-2-4-8-7(3-1)9-5-6-10-8;1-2-4-7-6(3-1)8-5-9-7;6*1-2;1-3-2;1-2/h4-5H,1-3H3,(H,11,12);2*2-7H,1H3;3-6H,1-2H3;1-6,10H,7H2;2*1-7H;1-4H,5-6H2;1-5H;6*1-2H3;1H3;1H3. The Balaban J connectivity index is 0.000000414. The van der Waals surface area contributed by atoms with Crippen LogP contribution in [0.5, 0.6) is 11.5 Å². The third-order valence-electron chi connectivity index (χ3n) is 15.1. The number of para-hydroxylation sites is 9. The monoisotopic (exact) mass is 1530 g/mol. The zero-order valence-electron chi connectivity index (χ0n) is 69.2. The van der Waals surface area contributed by atoms with Crippen molar-refractivity contribution in [2.75, 3.05) is 39.4 Å². The Bertz CT molecular complexity index is 4750. The lowest BCUT2D eigenvalue weighted by Crippen LogP contribution is -2.14. The molecule has 0 atom stereocenters. The number of pyridine rings is 4. The maximum atomic E-state index is 9.50. The zero-order chi connectivity index (χ0) is 82.0. The molecule has 16 aromatic rings. The Labute approximate surface area is 670 Å². The highest BCUT2D eigenvalue weighted by molar-refractivity contribution is 7.16. The molecule has 0 aliphatic carbocycles. The van der Waals surface area contributed by atoms with Crippen molar-refractivity contribution in [3.8, 4) is 11.5 Å². The van der Waals surface area contributed by atoms with Crippen LogP contribution >= 0.6 is 23.2 Å². The van der Waals surface area contributed by atoms with E-state index >= 15 is 0 Å². The molecule has 9 aromatic carbocycles. The third kappa shape index (κ3) is 34.1. The van der Waals surface area contributed by atoms with Gasteiger partial charge in [-0.3, -0.25) is 28.6 Å². The molecule has 0 unspecified atom stereocenters. The van der Waals surface area contributed by atoms with E-state index in [9.17, 15) is 4.39 Å². The van der Waals surface area contributed by atoms with Gasteiger partial charge in [-0.05, 0) is 177 Å². The number of hydrogen-bond donors (Lipinski definition) is 2. The fourth-order valence-electron chi connectivity index (χ4n) is 10.0. The number of nitrogens with zero attached hydrogens (tertiary/aromatic N) is 8. The molecule has 0 bridgehead atoms. The normalized spacial score (nSPS) is 10.0. The van der Waals surface area contributed by atoms with Crippen LogP contribution in [0, 0.1) is 41.5 Å². The van der Waals surface area contributed by atoms with Gasteiger partial charge in [0, 0.05) is 66.4 Å². The maximum Gasteiger partial charge on any atom is 0.161 e. The van der Waals surface area contributed by atoms with Crippen LogP contribution in [0.2, 0.25) is 0 Å². The summed E-state index contributed by atoms with van der Waals surface area (Å²) >= 11 is 6.17. The zero-order valence-corrected chi connectivity index (χ0v) is 70.8. The van der Waals surface area contributed by atoms with Crippen molar-refractivity contribution >= 4 is 111 Å². The van der Waals surface area contributed by atoms with E-state index in [0.29, 0.717) is 20.4 Å². The first kappa shape index (κ1) is 95.8. The number of anilines is 1. The van der Waals surface area contributed by atoms with Crippen LogP contribution in [0.4, 0.5) is 10.1 Å². The van der Waals surface area contributed by atoms with Crippen molar-refractivity contribution in [2.45, 2.75) is 125 Å². The van der Waals surface area contributed by atoms with Gasteiger partial charge in [0.15, 0.2) is 11.5 Å². The van der Waals surface area contributed by atoms with Crippen molar-refractivity contribution in [1.29, 1.82) is 0 Å². The quantitative estimate of drug-likeness (QED) is 0.149. The maximum absolute atomic E-state index is 9.50. The predicted molar refractivity (Wildman–Crippen MR) is 481 cm³/mol. The summed E-state index contributed by atoms with van der Waals surface area (Å²) in [5, 5.41) is 9.35. The molecular formula is C95H118ClFN10O3S. The highest BCUT2D eigenvalue weighted by atomic mass is 35.5. The van der Waals surface area contributed by atoms with Crippen molar-refractivity contribution in [3.63, 3.8) is 0 Å². The van der Waals surface area contributed by atoms with E-state index in [4.69, 9.17) is 9.47 Å². The fourth-order valence-corrected chi connectivity index (χ4v) is 10.7. The predicted octanol–water partition coefficient (Wildman–Crippen LogP) is 27.3. The molecule has 18 rings (SSSR count). The molecule has 2 N–H and O–H groups in total. The molecule has 0 fully saturated rings. The van der Waals surface area contributed by atoms with E-state index in [1.807, 2.05) is 286 Å². The van der Waals surface area contributed by atoms with Crippen LogP contribution < -0.4 is 14.8 Å². The molecule has 9 heterocycles. The summed E-state index contributed by atoms with van der Waals surface area (Å²) in [5.74, 6) is 3.75. The fraction of sp³-hybridized carbons (Fsp3) is 0.253. The van der Waals surface area contributed by atoms with E-state index in [2.05, 4.69) is 197 Å². The average molecular weight is 1530 g/mol. The number of fused-ring (bicyclic) bond motifs is 9. The molecule has 111 heavy (non-hydrogen) atoms. The van der Waals surface area contributed by atoms with Gasteiger partial charge in [0.1, 0.15) is 24.9 Å². The van der Waals surface area contributed by atoms with Crippen molar-refractivity contribution < 1.29 is 18.2 Å². The number of aromatic amines is 1. The van der Waals surface area contributed by atoms with Gasteiger partial charge in [0.25, 0.3) is 0 Å². The van der Waals surface area contributed by atoms with E-state index in [1.54, 1.807) is 11.3 Å². The Kier molecular flexibility index (Phi) is 50.7. The average Bonchev–Trinajstić information content (AvgIpc) is 1.69. The van der Waals surface area contributed by atoms with Crippen molar-refractivity contribution in [3.05, 3.63) is 319 Å². The summed E-state index contributed by atoms with van der Waals surface area (Å²) in [6.45, 7) is 38.6.